The third-order valence-corrected chi connectivity index (χ3v) is 10.2. The first-order valence-electron chi connectivity index (χ1n) is 11.6. The van der Waals surface area contributed by atoms with Crippen molar-refractivity contribution < 1.29 is 119 Å². The van der Waals surface area contributed by atoms with Gasteiger partial charge in [-0.3, -0.25) is 18.6 Å². The van der Waals surface area contributed by atoms with Crippen LogP contribution in [0.2, 0.25) is 0 Å². The molecule has 0 bridgehead atoms. The van der Waals surface area contributed by atoms with Gasteiger partial charge < -0.3 is 27.5 Å². The molecule has 0 radical (unpaired) electrons. The zero-order valence-corrected chi connectivity index (χ0v) is 27.8. The van der Waals surface area contributed by atoms with Gasteiger partial charge in [-0.15, -0.1) is 0 Å². The molecule has 4 aliphatic rings. The third-order valence-electron chi connectivity index (χ3n) is 9.22. The van der Waals surface area contributed by atoms with Crippen molar-refractivity contribution in [1.29, 1.82) is 0 Å². The molecule has 16 heteroatoms. The molecule has 0 saturated heterocycles. The zero-order valence-electron chi connectivity index (χ0n) is 24.0. The summed E-state index contributed by atoms with van der Waals surface area (Å²) in [4.78, 5) is 63.2. The van der Waals surface area contributed by atoms with E-state index in [1.807, 2.05) is 0 Å². The quantitative estimate of drug-likeness (QED) is 0.150. The fourth-order valence-corrected chi connectivity index (χ4v) is 8.96. The number of aliphatic hydroxyl groups excluding tert-OH is 1. The van der Waals surface area contributed by atoms with Crippen LogP contribution in [0.1, 0.15) is 49.3 Å². The van der Waals surface area contributed by atoms with E-state index in [0.717, 1.165) is 0 Å². The van der Waals surface area contributed by atoms with Crippen LogP contribution in [-0.4, -0.2) is 60.2 Å². The molecule has 0 aromatic heterocycles. The summed E-state index contributed by atoms with van der Waals surface area (Å²) in [5.41, 5.74) is -6.84. The number of hydrogen-bond donors (Lipinski definition) is 5. The Hall–Kier alpha value is 0.930. The number of phosphoric ester groups is 2. The number of carbonyl (C=O) groups excluding carboxylic acids is 2. The summed E-state index contributed by atoms with van der Waals surface area (Å²) in [7, 11) is -10.5. The number of allylic oxidation sites excluding steroid dienone is 4. The van der Waals surface area contributed by atoms with Crippen LogP contribution in [0, 0.1) is 28.6 Å². The molecule has 4 aliphatic carbocycles. The van der Waals surface area contributed by atoms with Crippen molar-refractivity contribution in [1.82, 2.24) is 0 Å². The third kappa shape index (κ3) is 5.29. The van der Waals surface area contributed by atoms with Crippen LogP contribution >= 0.6 is 15.6 Å². The summed E-state index contributed by atoms with van der Waals surface area (Å²) in [6, 6.07) is 0. The molecule has 0 heterocycles. The monoisotopic (exact) mass is 600 g/mol. The van der Waals surface area contributed by atoms with Crippen LogP contribution in [0.4, 0.5) is 4.39 Å². The Morgan fingerprint density at radius 1 is 1.16 bits per heavy atom. The molecule has 0 aliphatic heterocycles. The number of Topliss-reactive ketones (excluding diaryl/α,β-unsaturated/α-hetero) is 1. The summed E-state index contributed by atoms with van der Waals surface area (Å²) < 4.78 is 50.1. The van der Waals surface area contributed by atoms with Gasteiger partial charge in [-0.2, -0.15) is 0 Å². The van der Waals surface area contributed by atoms with E-state index in [2.05, 4.69) is 4.52 Å². The average molecular weight is 600 g/mol. The van der Waals surface area contributed by atoms with Gasteiger partial charge in [-0.1, -0.05) is 25.5 Å². The zero-order chi connectivity index (χ0) is 27.1. The molecule has 0 aromatic rings. The minimum atomic E-state index is -5.36. The summed E-state index contributed by atoms with van der Waals surface area (Å²) in [5, 5.41) is 11.4. The number of alkyl halides is 1. The Balaban J connectivity index is 0.00000380. The van der Waals surface area contributed by atoms with Gasteiger partial charge in [0.2, 0.25) is 0 Å². The molecular formula is C22H33FNa2O11P2. The Kier molecular flexibility index (Phi) is 10.4. The van der Waals surface area contributed by atoms with E-state index < -0.39 is 80.4 Å². The number of carbonyl (C=O) groups is 2. The van der Waals surface area contributed by atoms with Crippen LogP contribution in [0.3, 0.4) is 0 Å². The summed E-state index contributed by atoms with van der Waals surface area (Å²) >= 11 is 0. The molecule has 8 atom stereocenters. The molecule has 5 N–H and O–H groups in total. The van der Waals surface area contributed by atoms with Gasteiger partial charge in [-0.25, -0.2) is 13.5 Å². The van der Waals surface area contributed by atoms with Gasteiger partial charge in [0, 0.05) is 16.7 Å². The van der Waals surface area contributed by atoms with Crippen molar-refractivity contribution in [2.45, 2.75) is 63.8 Å². The number of phosphoric acid groups is 2. The van der Waals surface area contributed by atoms with Crippen LogP contribution in [0.25, 0.3) is 0 Å². The molecule has 11 nitrogen and oxygen atoms in total. The second kappa shape index (κ2) is 11.2. The predicted molar refractivity (Wildman–Crippen MR) is 124 cm³/mol. The van der Waals surface area contributed by atoms with Gasteiger partial charge >= 0.3 is 74.8 Å². The van der Waals surface area contributed by atoms with E-state index in [1.165, 1.54) is 32.1 Å². The number of hydrogen-bond acceptors (Lipinski definition) is 7. The molecule has 38 heavy (non-hydrogen) atoms. The number of fused-ring (bicyclic) bond motifs is 5. The Morgan fingerprint density at radius 3 is 2.32 bits per heavy atom. The normalized spacial score (nSPS) is 42.1. The van der Waals surface area contributed by atoms with E-state index in [0.29, 0.717) is 12.0 Å². The first-order valence-corrected chi connectivity index (χ1v) is 14.7. The fourth-order valence-electron chi connectivity index (χ4n) is 7.81. The van der Waals surface area contributed by atoms with E-state index >= 15 is 4.39 Å². The van der Waals surface area contributed by atoms with E-state index in [-0.39, 0.29) is 80.6 Å². The molecule has 0 unspecified atom stereocenters. The van der Waals surface area contributed by atoms with E-state index in [9.17, 15) is 33.6 Å². The van der Waals surface area contributed by atoms with Gasteiger partial charge in [0.15, 0.2) is 17.2 Å². The SMILES string of the molecule is C[C@@H]1C[C@H]2[C@@H]3CCC4=CC(=O)C=C[C@]4(C)[C@@]3(F)[C@@H](O)C[C@]2(C)[C@@]1(OP(=O)(O)O)C(=O)COP(=O)(O)O.[H-].[H-].[Na+].[Na+]. The van der Waals surface area contributed by atoms with E-state index in [1.54, 1.807) is 6.92 Å². The average Bonchev–Trinajstić information content (AvgIpc) is 2.94. The largest absolute Gasteiger partial charge is 1.00 e. The minimum absolute atomic E-state index is 0. The molecule has 4 rings (SSSR count). The number of rotatable bonds is 6. The summed E-state index contributed by atoms with van der Waals surface area (Å²) in [5.74, 6) is -3.88. The second-order valence-corrected chi connectivity index (χ2v) is 13.3. The maximum absolute atomic E-state index is 17.2. The number of aliphatic hydroxyl groups is 1. The van der Waals surface area contributed by atoms with Crippen molar-refractivity contribution in [2.75, 3.05) is 6.61 Å². The molecule has 3 fully saturated rings. The first-order chi connectivity index (χ1) is 16.3. The minimum Gasteiger partial charge on any atom is -1.00 e. The Morgan fingerprint density at radius 2 is 1.76 bits per heavy atom. The van der Waals surface area contributed by atoms with Crippen LogP contribution < -0.4 is 59.1 Å². The van der Waals surface area contributed by atoms with Gasteiger partial charge in [0.25, 0.3) is 0 Å². The molecule has 3 saturated carbocycles. The first kappa shape index (κ1) is 35.1. The molecular weight excluding hydrogens is 567 g/mol. The smallest absolute Gasteiger partial charge is 1.00 e. The molecule has 0 aromatic carbocycles. The van der Waals surface area contributed by atoms with Crippen molar-refractivity contribution >= 4 is 27.2 Å². The summed E-state index contributed by atoms with van der Waals surface area (Å²) in [6.45, 7) is 3.39. The van der Waals surface area contributed by atoms with Crippen molar-refractivity contribution in [3.63, 3.8) is 0 Å². The molecule has 206 valence electrons. The van der Waals surface area contributed by atoms with Gasteiger partial charge in [-0.05, 0) is 56.6 Å². The van der Waals surface area contributed by atoms with Crippen LogP contribution in [0.15, 0.2) is 23.8 Å². The maximum atomic E-state index is 17.2. The topological polar surface area (TPSA) is 188 Å². The van der Waals surface area contributed by atoms with Crippen molar-refractivity contribution in [2.24, 2.45) is 28.6 Å². The van der Waals surface area contributed by atoms with Crippen molar-refractivity contribution in [3.05, 3.63) is 23.8 Å². The van der Waals surface area contributed by atoms with E-state index in [4.69, 9.17) is 14.3 Å². The molecule has 0 spiro atoms. The Labute approximate surface area is 267 Å². The van der Waals surface area contributed by atoms with Crippen LogP contribution in [-0.2, 0) is 27.8 Å². The summed E-state index contributed by atoms with van der Waals surface area (Å²) in [6.07, 6.45) is 2.60. The predicted octanol–water partition coefficient (Wildman–Crippen LogP) is -3.64. The van der Waals surface area contributed by atoms with Crippen molar-refractivity contribution in [3.8, 4) is 0 Å². The number of halogens is 1. The van der Waals surface area contributed by atoms with Gasteiger partial charge in [0.05, 0.1) is 6.10 Å². The second-order valence-electron chi connectivity index (χ2n) is 10.9. The fraction of sp³-hybridized carbons (Fsp3) is 0.727. The molecule has 0 amide bonds. The standard InChI is InChI=1S/C22H31FO11P2.2Na.2H/c1-12-8-16-15-5-4-13-9-14(24)6-7-19(13,2)21(15,23)17(25)10-20(16,3)22(12,34-36(30,31)32)18(26)11-33-35(27,28)29;;;;/h6-7,9,12,15-17,25H,4-5,8,10-11H2,1-3H3,(H2,27,28,29)(H2,30,31,32);;;;/q;2*+1;2*-1/t12-,15+,16+,17+,19+,20+,21+,22+;;;;/m1..../s1. The Bertz CT molecular complexity index is 1170. The number of ketones is 2. The maximum Gasteiger partial charge on any atom is 1.00 e. The van der Waals surface area contributed by atoms with Crippen LogP contribution in [0.5, 0.6) is 0 Å². The van der Waals surface area contributed by atoms with Gasteiger partial charge in [0.1, 0.15) is 12.2 Å².